The molecule has 2 saturated heterocycles. The standard InChI is InChI=1S/C15H21N5/c1-2-4-14-13(3-1)17-15(18-14)11-19-9-12(10-19)20-7-5-16-6-8-20/h1-4,12,16H,5-11H2,(H,17,18). The van der Waals surface area contributed by atoms with Crippen molar-refractivity contribution < 1.29 is 0 Å². The topological polar surface area (TPSA) is 47.2 Å². The molecule has 0 aliphatic carbocycles. The van der Waals surface area contributed by atoms with E-state index in [2.05, 4.69) is 37.2 Å². The fraction of sp³-hybridized carbons (Fsp3) is 0.533. The summed E-state index contributed by atoms with van der Waals surface area (Å²) in [5, 5.41) is 3.41. The number of aromatic nitrogens is 2. The largest absolute Gasteiger partial charge is 0.341 e. The van der Waals surface area contributed by atoms with Gasteiger partial charge in [0.2, 0.25) is 0 Å². The van der Waals surface area contributed by atoms with Crippen molar-refractivity contribution in [2.24, 2.45) is 0 Å². The summed E-state index contributed by atoms with van der Waals surface area (Å²) in [6.45, 7) is 7.97. The fourth-order valence-corrected chi connectivity index (χ4v) is 3.24. The highest BCUT2D eigenvalue weighted by Gasteiger charge is 2.32. The number of nitrogens with zero attached hydrogens (tertiary/aromatic N) is 3. The molecule has 2 aliphatic rings. The molecule has 0 radical (unpaired) electrons. The van der Waals surface area contributed by atoms with E-state index >= 15 is 0 Å². The van der Waals surface area contributed by atoms with Crippen molar-refractivity contribution in [2.75, 3.05) is 39.3 Å². The highest BCUT2D eigenvalue weighted by Crippen LogP contribution is 2.19. The van der Waals surface area contributed by atoms with E-state index in [1.807, 2.05) is 12.1 Å². The molecule has 0 atom stereocenters. The zero-order chi connectivity index (χ0) is 13.4. The lowest BCUT2D eigenvalue weighted by Crippen LogP contribution is -2.62. The molecule has 0 amide bonds. The van der Waals surface area contributed by atoms with E-state index in [9.17, 15) is 0 Å². The highest BCUT2D eigenvalue weighted by molar-refractivity contribution is 5.74. The van der Waals surface area contributed by atoms with E-state index in [4.69, 9.17) is 0 Å². The van der Waals surface area contributed by atoms with Crippen LogP contribution in [0.3, 0.4) is 0 Å². The Morgan fingerprint density at radius 3 is 2.75 bits per heavy atom. The van der Waals surface area contributed by atoms with Crippen molar-refractivity contribution in [3.05, 3.63) is 30.1 Å². The molecule has 0 bridgehead atoms. The number of rotatable bonds is 3. The van der Waals surface area contributed by atoms with Crippen LogP contribution in [-0.4, -0.2) is 65.1 Å². The van der Waals surface area contributed by atoms with Crippen LogP contribution >= 0.6 is 0 Å². The lowest BCUT2D eigenvalue weighted by atomic mass is 10.1. The average Bonchev–Trinajstić information content (AvgIpc) is 2.86. The Bertz CT molecular complexity index is 548. The van der Waals surface area contributed by atoms with Crippen molar-refractivity contribution in [1.29, 1.82) is 0 Å². The van der Waals surface area contributed by atoms with Crippen LogP contribution in [0.4, 0.5) is 0 Å². The molecule has 2 N–H and O–H groups in total. The van der Waals surface area contributed by atoms with Gasteiger partial charge in [0.05, 0.1) is 17.6 Å². The SMILES string of the molecule is c1ccc2[nH]c(CN3CC(N4CCNCC4)C3)nc2c1. The first-order valence-corrected chi connectivity index (χ1v) is 7.49. The molecule has 3 heterocycles. The van der Waals surface area contributed by atoms with E-state index in [1.165, 1.54) is 26.2 Å². The van der Waals surface area contributed by atoms with Crippen LogP contribution in [-0.2, 0) is 6.54 Å². The summed E-state index contributed by atoms with van der Waals surface area (Å²) >= 11 is 0. The third-order valence-corrected chi connectivity index (χ3v) is 4.42. The molecule has 1 aromatic heterocycles. The molecular formula is C15H21N5. The molecule has 2 aromatic rings. The maximum atomic E-state index is 4.65. The molecule has 106 valence electrons. The summed E-state index contributed by atoms with van der Waals surface area (Å²) in [6, 6.07) is 8.99. The number of benzene rings is 1. The molecule has 0 unspecified atom stereocenters. The van der Waals surface area contributed by atoms with Gasteiger partial charge in [-0.25, -0.2) is 4.98 Å². The number of hydrogen-bond donors (Lipinski definition) is 2. The second-order valence-electron chi connectivity index (χ2n) is 5.83. The number of para-hydroxylation sites is 2. The van der Waals surface area contributed by atoms with Crippen LogP contribution in [0.15, 0.2) is 24.3 Å². The number of piperazine rings is 1. The number of hydrogen-bond acceptors (Lipinski definition) is 4. The van der Waals surface area contributed by atoms with Crippen LogP contribution in [0.1, 0.15) is 5.82 Å². The van der Waals surface area contributed by atoms with Gasteiger partial charge in [0.1, 0.15) is 5.82 Å². The smallest absolute Gasteiger partial charge is 0.121 e. The van der Waals surface area contributed by atoms with Crippen molar-refractivity contribution >= 4 is 11.0 Å². The quantitative estimate of drug-likeness (QED) is 0.860. The normalized spacial score (nSPS) is 22.2. The minimum atomic E-state index is 0.751. The zero-order valence-electron chi connectivity index (χ0n) is 11.7. The number of imidazole rings is 1. The zero-order valence-corrected chi connectivity index (χ0v) is 11.7. The summed E-state index contributed by atoms with van der Waals surface area (Å²) in [5.41, 5.74) is 2.21. The second-order valence-corrected chi connectivity index (χ2v) is 5.83. The predicted molar refractivity (Wildman–Crippen MR) is 79.6 cm³/mol. The summed E-state index contributed by atoms with van der Waals surface area (Å²) in [7, 11) is 0. The van der Waals surface area contributed by atoms with E-state index in [0.717, 1.165) is 42.5 Å². The first-order chi connectivity index (χ1) is 9.88. The second kappa shape index (κ2) is 5.16. The van der Waals surface area contributed by atoms with Crippen LogP contribution in [0, 0.1) is 0 Å². The van der Waals surface area contributed by atoms with Gasteiger partial charge in [-0.2, -0.15) is 0 Å². The maximum Gasteiger partial charge on any atom is 0.121 e. The van der Waals surface area contributed by atoms with Gasteiger partial charge in [-0.15, -0.1) is 0 Å². The van der Waals surface area contributed by atoms with Crippen molar-refractivity contribution in [2.45, 2.75) is 12.6 Å². The van der Waals surface area contributed by atoms with Gasteiger partial charge in [-0.1, -0.05) is 12.1 Å². The molecule has 2 aliphatic heterocycles. The molecule has 0 saturated carbocycles. The molecule has 4 rings (SSSR count). The minimum absolute atomic E-state index is 0.751. The van der Waals surface area contributed by atoms with Gasteiger partial charge < -0.3 is 10.3 Å². The monoisotopic (exact) mass is 271 g/mol. The Hall–Kier alpha value is -1.43. The summed E-state index contributed by atoms with van der Waals surface area (Å²) in [5.74, 6) is 1.09. The van der Waals surface area contributed by atoms with Crippen molar-refractivity contribution in [1.82, 2.24) is 25.1 Å². The Morgan fingerprint density at radius 2 is 1.95 bits per heavy atom. The molecule has 20 heavy (non-hydrogen) atoms. The summed E-state index contributed by atoms with van der Waals surface area (Å²) in [6.07, 6.45) is 0. The molecule has 2 fully saturated rings. The number of nitrogens with one attached hydrogen (secondary N) is 2. The van der Waals surface area contributed by atoms with E-state index in [1.54, 1.807) is 0 Å². The van der Waals surface area contributed by atoms with E-state index < -0.39 is 0 Å². The molecule has 5 heteroatoms. The third kappa shape index (κ3) is 2.32. The van der Waals surface area contributed by atoms with E-state index in [0.29, 0.717) is 0 Å². The lowest BCUT2D eigenvalue weighted by molar-refractivity contribution is 0.0210. The highest BCUT2D eigenvalue weighted by atomic mass is 15.3. The van der Waals surface area contributed by atoms with Gasteiger partial charge in [0.25, 0.3) is 0 Å². The van der Waals surface area contributed by atoms with Gasteiger partial charge in [-0.3, -0.25) is 9.80 Å². The number of fused-ring (bicyclic) bond motifs is 1. The Morgan fingerprint density at radius 1 is 1.15 bits per heavy atom. The van der Waals surface area contributed by atoms with E-state index in [-0.39, 0.29) is 0 Å². The minimum Gasteiger partial charge on any atom is -0.341 e. The number of aromatic amines is 1. The Balaban J connectivity index is 1.34. The number of H-pyrrole nitrogens is 1. The molecule has 1 aromatic carbocycles. The Labute approximate surface area is 119 Å². The van der Waals surface area contributed by atoms with Crippen molar-refractivity contribution in [3.63, 3.8) is 0 Å². The summed E-state index contributed by atoms with van der Waals surface area (Å²) < 4.78 is 0. The molecular weight excluding hydrogens is 250 g/mol. The first kappa shape index (κ1) is 12.3. The third-order valence-electron chi connectivity index (χ3n) is 4.42. The van der Waals surface area contributed by atoms with Crippen molar-refractivity contribution in [3.8, 4) is 0 Å². The van der Waals surface area contributed by atoms with Crippen LogP contribution in [0.5, 0.6) is 0 Å². The first-order valence-electron chi connectivity index (χ1n) is 7.49. The lowest BCUT2D eigenvalue weighted by Gasteiger charge is -2.46. The molecule has 0 spiro atoms. The van der Waals surface area contributed by atoms with Crippen LogP contribution in [0.2, 0.25) is 0 Å². The van der Waals surface area contributed by atoms with Crippen LogP contribution in [0.25, 0.3) is 11.0 Å². The number of likely N-dealkylation sites (tertiary alicyclic amines) is 1. The van der Waals surface area contributed by atoms with Gasteiger partial charge in [0.15, 0.2) is 0 Å². The maximum absolute atomic E-state index is 4.65. The fourth-order valence-electron chi connectivity index (χ4n) is 3.24. The van der Waals surface area contributed by atoms with Gasteiger partial charge in [0, 0.05) is 45.3 Å². The molecule has 5 nitrogen and oxygen atoms in total. The van der Waals surface area contributed by atoms with Gasteiger partial charge >= 0.3 is 0 Å². The van der Waals surface area contributed by atoms with Crippen LogP contribution < -0.4 is 5.32 Å². The Kier molecular flexibility index (Phi) is 3.18. The van der Waals surface area contributed by atoms with Gasteiger partial charge in [-0.05, 0) is 12.1 Å². The summed E-state index contributed by atoms with van der Waals surface area (Å²) in [4.78, 5) is 13.2. The predicted octanol–water partition coefficient (Wildman–Crippen LogP) is 0.652. The average molecular weight is 271 g/mol.